The molecule has 0 bridgehead atoms. The van der Waals surface area contributed by atoms with Crippen molar-refractivity contribution < 1.29 is 4.74 Å². The van der Waals surface area contributed by atoms with Crippen LogP contribution in [0.1, 0.15) is 19.4 Å². The molecule has 4 heterocycles. The molecular weight excluding hydrogens is 372 g/mol. The predicted molar refractivity (Wildman–Crippen MR) is 115 cm³/mol. The first kappa shape index (κ1) is 19.3. The fourth-order valence-corrected chi connectivity index (χ4v) is 4.40. The molecule has 2 aromatic rings. The van der Waals surface area contributed by atoms with E-state index < -0.39 is 0 Å². The number of aromatic nitrogens is 3. The summed E-state index contributed by atoms with van der Waals surface area (Å²) in [5.74, 6) is 1.87. The van der Waals surface area contributed by atoms with Crippen molar-refractivity contribution in [3.8, 4) is 0 Å². The lowest BCUT2D eigenvalue weighted by Crippen LogP contribution is -2.47. The Hall–Kier alpha value is -2.03. The minimum absolute atomic E-state index is 0.309. The van der Waals surface area contributed by atoms with Crippen LogP contribution in [-0.2, 0) is 4.74 Å². The summed E-state index contributed by atoms with van der Waals surface area (Å²) in [5, 5.41) is 6.92. The van der Waals surface area contributed by atoms with Crippen molar-refractivity contribution in [3.63, 3.8) is 0 Å². The first-order chi connectivity index (χ1) is 13.7. The highest BCUT2D eigenvalue weighted by atomic mass is 32.2. The van der Waals surface area contributed by atoms with Crippen molar-refractivity contribution in [3.05, 3.63) is 42.5 Å². The Kier molecular flexibility index (Phi) is 6.19. The SMILES string of the molecule is CC(C)OCCN1CCN(c2ccnc(N3C=C(c4cn[nH]c4)SC3)c2)CC1. The molecule has 28 heavy (non-hydrogen) atoms. The topological polar surface area (TPSA) is 60.5 Å². The fourth-order valence-electron chi connectivity index (χ4n) is 3.44. The molecule has 0 amide bonds. The lowest BCUT2D eigenvalue weighted by molar-refractivity contribution is 0.0579. The van der Waals surface area contributed by atoms with Crippen LogP contribution in [0.2, 0.25) is 0 Å². The summed E-state index contributed by atoms with van der Waals surface area (Å²) in [7, 11) is 0. The van der Waals surface area contributed by atoms with Crippen LogP contribution in [0.25, 0.3) is 4.91 Å². The molecule has 0 aromatic carbocycles. The van der Waals surface area contributed by atoms with E-state index in [1.807, 2.05) is 30.4 Å². The molecule has 0 spiro atoms. The minimum Gasteiger partial charge on any atom is -0.377 e. The average Bonchev–Trinajstić information content (AvgIpc) is 3.40. The molecule has 0 unspecified atom stereocenters. The van der Waals surface area contributed by atoms with Gasteiger partial charge < -0.3 is 14.5 Å². The third-order valence-electron chi connectivity index (χ3n) is 5.03. The number of anilines is 2. The number of thioether (sulfide) groups is 1. The summed E-state index contributed by atoms with van der Waals surface area (Å²) >= 11 is 1.81. The number of H-pyrrole nitrogens is 1. The molecule has 150 valence electrons. The Morgan fingerprint density at radius 1 is 1.25 bits per heavy atom. The van der Waals surface area contributed by atoms with Gasteiger partial charge in [-0.1, -0.05) is 0 Å². The quantitative estimate of drug-likeness (QED) is 0.767. The van der Waals surface area contributed by atoms with Crippen molar-refractivity contribution >= 4 is 28.2 Å². The lowest BCUT2D eigenvalue weighted by Gasteiger charge is -2.36. The van der Waals surface area contributed by atoms with Gasteiger partial charge in [-0.15, -0.1) is 11.8 Å². The van der Waals surface area contributed by atoms with Gasteiger partial charge in [-0.05, 0) is 19.9 Å². The van der Waals surface area contributed by atoms with Gasteiger partial charge in [-0.2, -0.15) is 5.10 Å². The molecule has 4 rings (SSSR count). The van der Waals surface area contributed by atoms with E-state index in [0.717, 1.165) is 56.6 Å². The van der Waals surface area contributed by atoms with Gasteiger partial charge in [-0.3, -0.25) is 10.00 Å². The van der Waals surface area contributed by atoms with Gasteiger partial charge in [-0.25, -0.2) is 4.98 Å². The number of nitrogens with one attached hydrogen (secondary N) is 1. The molecule has 2 aliphatic rings. The standard InChI is InChI=1S/C20H28N6OS/c1-16(2)27-10-9-24-5-7-25(8-6-24)18-3-4-21-20(11-18)26-14-19(28-15-26)17-12-22-23-13-17/h3-4,11-14,16H,5-10,15H2,1-2H3,(H,22,23). The number of rotatable bonds is 7. The molecule has 8 heteroatoms. The zero-order valence-corrected chi connectivity index (χ0v) is 17.4. The zero-order valence-electron chi connectivity index (χ0n) is 16.5. The van der Waals surface area contributed by atoms with Crippen LogP contribution in [0.5, 0.6) is 0 Å². The second-order valence-electron chi connectivity index (χ2n) is 7.34. The van der Waals surface area contributed by atoms with E-state index in [9.17, 15) is 0 Å². The molecule has 7 nitrogen and oxygen atoms in total. The number of pyridine rings is 1. The van der Waals surface area contributed by atoms with E-state index in [4.69, 9.17) is 4.74 Å². The highest BCUT2D eigenvalue weighted by molar-refractivity contribution is 8.08. The number of piperazine rings is 1. The van der Waals surface area contributed by atoms with Gasteiger partial charge in [0.05, 0.1) is 24.8 Å². The molecule has 0 atom stereocenters. The highest BCUT2D eigenvalue weighted by Crippen LogP contribution is 2.36. The Bertz CT molecular complexity index is 786. The maximum absolute atomic E-state index is 5.68. The van der Waals surface area contributed by atoms with Crippen LogP contribution in [0, 0.1) is 0 Å². The Morgan fingerprint density at radius 2 is 2.11 bits per heavy atom. The van der Waals surface area contributed by atoms with Gasteiger partial charge in [0.2, 0.25) is 0 Å². The highest BCUT2D eigenvalue weighted by Gasteiger charge is 2.20. The maximum Gasteiger partial charge on any atom is 0.135 e. The normalized spacial score (nSPS) is 18.2. The van der Waals surface area contributed by atoms with Crippen molar-refractivity contribution in [2.75, 3.05) is 55.0 Å². The van der Waals surface area contributed by atoms with Gasteiger partial charge in [0, 0.05) is 73.5 Å². The van der Waals surface area contributed by atoms with Gasteiger partial charge in [0.25, 0.3) is 0 Å². The summed E-state index contributed by atoms with van der Waals surface area (Å²) in [4.78, 5) is 13.0. The van der Waals surface area contributed by atoms with Crippen LogP contribution < -0.4 is 9.80 Å². The largest absolute Gasteiger partial charge is 0.377 e. The van der Waals surface area contributed by atoms with E-state index >= 15 is 0 Å². The van der Waals surface area contributed by atoms with E-state index in [1.54, 1.807) is 0 Å². The number of aromatic amines is 1. The number of nitrogens with zero attached hydrogens (tertiary/aromatic N) is 5. The molecule has 2 aliphatic heterocycles. The maximum atomic E-state index is 5.68. The number of hydrogen-bond acceptors (Lipinski definition) is 7. The smallest absolute Gasteiger partial charge is 0.135 e. The van der Waals surface area contributed by atoms with Crippen LogP contribution >= 0.6 is 11.8 Å². The summed E-state index contributed by atoms with van der Waals surface area (Å²) in [6.45, 7) is 10.2. The Labute approximate surface area is 170 Å². The van der Waals surface area contributed by atoms with Crippen LogP contribution in [0.15, 0.2) is 36.9 Å². The second-order valence-corrected chi connectivity index (χ2v) is 8.33. The first-order valence-corrected chi connectivity index (χ1v) is 10.8. The summed E-state index contributed by atoms with van der Waals surface area (Å²) < 4.78 is 5.68. The number of hydrogen-bond donors (Lipinski definition) is 1. The van der Waals surface area contributed by atoms with Crippen LogP contribution in [-0.4, -0.2) is 71.4 Å². The minimum atomic E-state index is 0.309. The molecule has 0 aliphatic carbocycles. The third-order valence-corrected chi connectivity index (χ3v) is 6.09. The summed E-state index contributed by atoms with van der Waals surface area (Å²) in [6, 6.07) is 4.32. The summed E-state index contributed by atoms with van der Waals surface area (Å²) in [5.41, 5.74) is 2.37. The molecular formula is C20H28N6OS. The van der Waals surface area contributed by atoms with E-state index in [-0.39, 0.29) is 0 Å². The number of ether oxygens (including phenoxy) is 1. The Morgan fingerprint density at radius 3 is 2.86 bits per heavy atom. The molecule has 1 saturated heterocycles. The Balaban J connectivity index is 1.35. The third kappa shape index (κ3) is 4.68. The van der Waals surface area contributed by atoms with E-state index in [2.05, 4.69) is 62.1 Å². The van der Waals surface area contributed by atoms with Crippen molar-refractivity contribution in [2.45, 2.75) is 20.0 Å². The molecule has 2 aromatic heterocycles. The van der Waals surface area contributed by atoms with Crippen LogP contribution in [0.3, 0.4) is 0 Å². The fraction of sp³-hybridized carbons (Fsp3) is 0.500. The predicted octanol–water partition coefficient (Wildman–Crippen LogP) is 2.86. The molecule has 1 N–H and O–H groups in total. The molecule has 1 fully saturated rings. The van der Waals surface area contributed by atoms with Crippen molar-refractivity contribution in [1.82, 2.24) is 20.1 Å². The van der Waals surface area contributed by atoms with Crippen LogP contribution in [0.4, 0.5) is 11.5 Å². The first-order valence-electron chi connectivity index (χ1n) is 9.84. The lowest BCUT2D eigenvalue weighted by atomic mass is 10.2. The van der Waals surface area contributed by atoms with Crippen molar-refractivity contribution in [2.24, 2.45) is 0 Å². The van der Waals surface area contributed by atoms with Gasteiger partial charge >= 0.3 is 0 Å². The second kappa shape index (κ2) is 8.98. The van der Waals surface area contributed by atoms with Gasteiger partial charge in [0.1, 0.15) is 5.82 Å². The van der Waals surface area contributed by atoms with E-state index in [1.165, 1.54) is 10.6 Å². The van der Waals surface area contributed by atoms with E-state index in [0.29, 0.717) is 6.10 Å². The molecule has 0 radical (unpaired) electrons. The molecule has 0 saturated carbocycles. The monoisotopic (exact) mass is 400 g/mol. The average molecular weight is 401 g/mol. The zero-order chi connectivity index (χ0) is 19.3. The van der Waals surface area contributed by atoms with Crippen molar-refractivity contribution in [1.29, 1.82) is 0 Å². The van der Waals surface area contributed by atoms with Gasteiger partial charge in [0.15, 0.2) is 0 Å². The summed E-state index contributed by atoms with van der Waals surface area (Å²) in [6.07, 6.45) is 8.18.